The van der Waals surface area contributed by atoms with Gasteiger partial charge in [0.15, 0.2) is 12.4 Å². The summed E-state index contributed by atoms with van der Waals surface area (Å²) in [5.41, 5.74) is 0. The van der Waals surface area contributed by atoms with Crippen molar-refractivity contribution in [1.82, 2.24) is 0 Å². The number of hydrogen-bond acceptors (Lipinski definition) is 3. The van der Waals surface area contributed by atoms with Gasteiger partial charge in [-0.05, 0) is 32.1 Å². The Labute approximate surface area is 104 Å². The van der Waals surface area contributed by atoms with Crippen LogP contribution in [0.1, 0.15) is 46.0 Å². The largest absolute Gasteiger partial charge is 0.455 e. The summed E-state index contributed by atoms with van der Waals surface area (Å²) in [6.45, 7) is 3.41. The molecule has 0 spiro atoms. The van der Waals surface area contributed by atoms with Crippen LogP contribution in [0.4, 0.5) is 0 Å². The lowest BCUT2D eigenvalue weighted by atomic mass is 10.1. The lowest BCUT2D eigenvalue weighted by molar-refractivity contribution is -0.149. The minimum Gasteiger partial charge on any atom is -0.455 e. The van der Waals surface area contributed by atoms with E-state index < -0.39 is 12.1 Å². The molecule has 17 heavy (non-hydrogen) atoms. The molecule has 0 saturated heterocycles. The van der Waals surface area contributed by atoms with Crippen LogP contribution in [-0.4, -0.2) is 18.4 Å². The molecule has 0 aromatic carbocycles. The third-order valence-electron chi connectivity index (χ3n) is 2.20. The maximum absolute atomic E-state index is 10.6. The van der Waals surface area contributed by atoms with Crippen LogP contribution in [0.15, 0.2) is 24.3 Å². The van der Waals surface area contributed by atoms with Crippen LogP contribution >= 0.6 is 0 Å². The highest BCUT2D eigenvalue weighted by Crippen LogP contribution is 2.06. The van der Waals surface area contributed by atoms with Gasteiger partial charge in [-0.15, -0.1) is 0 Å². The minimum atomic E-state index is -0.573. The maximum Gasteiger partial charge on any atom is 0.303 e. The van der Waals surface area contributed by atoms with Crippen LogP contribution < -0.4 is 0 Å². The van der Waals surface area contributed by atoms with Crippen LogP contribution in [-0.2, 0) is 14.3 Å². The van der Waals surface area contributed by atoms with E-state index in [1.54, 1.807) is 0 Å². The molecule has 1 atom stereocenters. The zero-order valence-electron chi connectivity index (χ0n) is 10.7. The zero-order chi connectivity index (χ0) is 12.9. The summed E-state index contributed by atoms with van der Waals surface area (Å²) in [4.78, 5) is 21.2. The Morgan fingerprint density at radius 1 is 1.24 bits per heavy atom. The average molecular weight is 238 g/mol. The molecule has 3 nitrogen and oxygen atoms in total. The lowest BCUT2D eigenvalue weighted by Gasteiger charge is -2.09. The molecule has 1 unspecified atom stereocenters. The highest BCUT2D eigenvalue weighted by Gasteiger charge is 2.09. The average Bonchev–Trinajstić information content (AvgIpc) is 2.30. The third-order valence-corrected chi connectivity index (χ3v) is 2.20. The van der Waals surface area contributed by atoms with E-state index in [0.717, 1.165) is 25.7 Å². The molecule has 0 rings (SSSR count). The van der Waals surface area contributed by atoms with Crippen molar-refractivity contribution in [3.8, 4) is 0 Å². The van der Waals surface area contributed by atoms with Crippen molar-refractivity contribution in [2.24, 2.45) is 0 Å². The SMILES string of the molecule is CC/C=C/C=C/CCCCC(C=O)OC(C)=O. The number of allylic oxidation sites excluding steroid dienone is 4. The first-order valence-electron chi connectivity index (χ1n) is 6.14. The van der Waals surface area contributed by atoms with Crippen LogP contribution in [0.25, 0.3) is 0 Å². The summed E-state index contributed by atoms with van der Waals surface area (Å²) < 4.78 is 4.82. The van der Waals surface area contributed by atoms with Crippen molar-refractivity contribution in [3.63, 3.8) is 0 Å². The highest BCUT2D eigenvalue weighted by atomic mass is 16.5. The van der Waals surface area contributed by atoms with E-state index in [1.807, 2.05) is 12.2 Å². The van der Waals surface area contributed by atoms with Gasteiger partial charge in [0.25, 0.3) is 0 Å². The summed E-state index contributed by atoms with van der Waals surface area (Å²) in [7, 11) is 0. The number of carbonyl (C=O) groups is 2. The van der Waals surface area contributed by atoms with Gasteiger partial charge in [-0.25, -0.2) is 0 Å². The van der Waals surface area contributed by atoms with Crippen LogP contribution in [0, 0.1) is 0 Å². The maximum atomic E-state index is 10.6. The highest BCUT2D eigenvalue weighted by molar-refractivity contribution is 5.69. The molecule has 0 bridgehead atoms. The standard InChI is InChI=1S/C14H22O3/c1-3-4-5-6-7-8-9-10-11-14(12-15)17-13(2)16/h4-7,12,14H,3,8-11H2,1-2H3/b5-4+,7-6+. The Bertz CT molecular complexity index is 267. The van der Waals surface area contributed by atoms with Gasteiger partial charge in [0.2, 0.25) is 0 Å². The van der Waals surface area contributed by atoms with E-state index in [0.29, 0.717) is 12.7 Å². The molecule has 0 aromatic rings. The van der Waals surface area contributed by atoms with Crippen molar-refractivity contribution < 1.29 is 14.3 Å². The van der Waals surface area contributed by atoms with Crippen molar-refractivity contribution in [1.29, 1.82) is 0 Å². The molecule has 0 aromatic heterocycles. The first kappa shape index (κ1) is 15.6. The molecular weight excluding hydrogens is 216 g/mol. The molecule has 0 amide bonds. The van der Waals surface area contributed by atoms with Crippen molar-refractivity contribution in [2.75, 3.05) is 0 Å². The summed E-state index contributed by atoms with van der Waals surface area (Å²) >= 11 is 0. The molecule has 0 saturated carbocycles. The predicted molar refractivity (Wildman–Crippen MR) is 68.7 cm³/mol. The monoisotopic (exact) mass is 238 g/mol. The number of esters is 1. The quantitative estimate of drug-likeness (QED) is 0.268. The fourth-order valence-corrected chi connectivity index (χ4v) is 1.37. The fraction of sp³-hybridized carbons (Fsp3) is 0.571. The number of ether oxygens (including phenoxy) is 1. The minimum absolute atomic E-state index is 0.397. The van der Waals surface area contributed by atoms with Gasteiger partial charge in [-0.2, -0.15) is 0 Å². The number of unbranched alkanes of at least 4 members (excludes halogenated alkanes) is 2. The number of aldehydes is 1. The van der Waals surface area contributed by atoms with Gasteiger partial charge in [0.1, 0.15) is 0 Å². The lowest BCUT2D eigenvalue weighted by Crippen LogP contribution is -2.17. The second-order valence-electron chi connectivity index (χ2n) is 3.83. The van der Waals surface area contributed by atoms with Gasteiger partial charge in [-0.1, -0.05) is 31.2 Å². The zero-order valence-corrected chi connectivity index (χ0v) is 10.7. The Balaban J connectivity index is 3.55. The van der Waals surface area contributed by atoms with Crippen molar-refractivity contribution >= 4 is 12.3 Å². The Morgan fingerprint density at radius 3 is 2.53 bits per heavy atom. The van der Waals surface area contributed by atoms with Gasteiger partial charge in [0, 0.05) is 6.92 Å². The molecule has 96 valence electrons. The summed E-state index contributed by atoms with van der Waals surface area (Å²) in [6, 6.07) is 0. The fourth-order valence-electron chi connectivity index (χ4n) is 1.37. The third kappa shape index (κ3) is 10.9. The number of hydrogen-bond donors (Lipinski definition) is 0. The number of rotatable bonds is 9. The van der Waals surface area contributed by atoms with Crippen LogP contribution in [0.3, 0.4) is 0 Å². The molecule has 3 heteroatoms. The van der Waals surface area contributed by atoms with E-state index in [2.05, 4.69) is 19.1 Å². The Kier molecular flexibility index (Phi) is 10.2. The molecule has 0 radical (unpaired) electrons. The molecule has 0 aliphatic rings. The van der Waals surface area contributed by atoms with Gasteiger partial charge < -0.3 is 4.74 Å². The van der Waals surface area contributed by atoms with Crippen LogP contribution in [0.2, 0.25) is 0 Å². The summed E-state index contributed by atoms with van der Waals surface area (Å²) in [5, 5.41) is 0. The van der Waals surface area contributed by atoms with Gasteiger partial charge in [0.05, 0.1) is 0 Å². The second-order valence-corrected chi connectivity index (χ2v) is 3.83. The normalized spacial score (nSPS) is 13.1. The first-order valence-corrected chi connectivity index (χ1v) is 6.14. The van der Waals surface area contributed by atoms with Gasteiger partial charge in [-0.3, -0.25) is 9.59 Å². The first-order chi connectivity index (χ1) is 8.20. The van der Waals surface area contributed by atoms with Crippen LogP contribution in [0.5, 0.6) is 0 Å². The van der Waals surface area contributed by atoms with E-state index in [9.17, 15) is 9.59 Å². The van der Waals surface area contributed by atoms with E-state index in [-0.39, 0.29) is 0 Å². The predicted octanol–water partition coefficient (Wildman–Crippen LogP) is 3.20. The summed E-state index contributed by atoms with van der Waals surface area (Å²) in [5.74, 6) is -0.397. The Morgan fingerprint density at radius 2 is 1.94 bits per heavy atom. The second kappa shape index (κ2) is 11.1. The van der Waals surface area contributed by atoms with Crippen molar-refractivity contribution in [3.05, 3.63) is 24.3 Å². The molecule has 0 heterocycles. The van der Waals surface area contributed by atoms with Gasteiger partial charge >= 0.3 is 5.97 Å². The van der Waals surface area contributed by atoms with E-state index >= 15 is 0 Å². The smallest absolute Gasteiger partial charge is 0.303 e. The number of carbonyl (C=O) groups excluding carboxylic acids is 2. The van der Waals surface area contributed by atoms with E-state index in [1.165, 1.54) is 6.92 Å². The Hall–Kier alpha value is -1.38. The molecule has 0 fully saturated rings. The summed E-state index contributed by atoms with van der Waals surface area (Å²) in [6.07, 6.45) is 12.9. The molecule has 0 aliphatic heterocycles. The molecular formula is C14H22O3. The molecule has 0 N–H and O–H groups in total. The van der Waals surface area contributed by atoms with Crippen molar-refractivity contribution in [2.45, 2.75) is 52.1 Å². The van der Waals surface area contributed by atoms with E-state index in [4.69, 9.17) is 4.74 Å². The topological polar surface area (TPSA) is 43.4 Å². The molecule has 0 aliphatic carbocycles.